The third-order valence-corrected chi connectivity index (χ3v) is 5.54. The van der Waals surface area contributed by atoms with Gasteiger partial charge in [0.05, 0.1) is 0 Å². The maximum absolute atomic E-state index is 11.7. The number of carbonyl (C=O) groups excluding carboxylic acids is 1. The zero-order valence-corrected chi connectivity index (χ0v) is 16.3. The molecular formula is C15H14AlIO5S. The molecule has 0 spiro atoms. The summed E-state index contributed by atoms with van der Waals surface area (Å²) in [7, 11) is 0. The third kappa shape index (κ3) is 5.67. The number of aromatic hydroxyl groups is 1. The Balaban J connectivity index is 0.00000242. The monoisotopic (exact) mass is 460 g/mol. The summed E-state index contributed by atoms with van der Waals surface area (Å²) in [5.74, 6) is -0.804. The van der Waals surface area contributed by atoms with Gasteiger partial charge in [0.15, 0.2) is 0 Å². The molecule has 0 amide bonds. The second kappa shape index (κ2) is 10.2. The van der Waals surface area contributed by atoms with E-state index < -0.39 is 11.9 Å². The van der Waals surface area contributed by atoms with E-state index in [1.165, 1.54) is 0 Å². The molecule has 3 N–H and O–H groups in total. The minimum atomic E-state index is -0.519. The molecule has 0 aliphatic rings. The summed E-state index contributed by atoms with van der Waals surface area (Å²) in [6, 6.07) is 13.5. The molecule has 1 atom stereocenters. The van der Waals surface area contributed by atoms with Crippen LogP contribution in [0.3, 0.4) is 0 Å². The van der Waals surface area contributed by atoms with Gasteiger partial charge in [0, 0.05) is 0 Å². The number of hydrogen-bond donors (Lipinski definition) is 1. The Morgan fingerprint density at radius 1 is 1.26 bits per heavy atom. The molecule has 120 valence electrons. The summed E-state index contributed by atoms with van der Waals surface area (Å²) in [6.45, 7) is 1.71. The molecule has 2 aromatic carbocycles. The fourth-order valence-electron chi connectivity index (χ4n) is 1.83. The van der Waals surface area contributed by atoms with Crippen LogP contribution in [0.1, 0.15) is 18.4 Å². The second-order valence-corrected chi connectivity index (χ2v) is 6.93. The van der Waals surface area contributed by atoms with Gasteiger partial charge in [-0.25, -0.2) is 0 Å². The van der Waals surface area contributed by atoms with Crippen LogP contribution < -0.4 is 0 Å². The van der Waals surface area contributed by atoms with Crippen LogP contribution in [-0.4, -0.2) is 38.7 Å². The summed E-state index contributed by atoms with van der Waals surface area (Å²) < 4.78 is 5.61. The molecule has 0 aliphatic carbocycles. The smallest absolute Gasteiger partial charge is 0.870 e. The van der Waals surface area contributed by atoms with Gasteiger partial charge in [-0.05, 0) is 0 Å². The Morgan fingerprint density at radius 3 is 2.43 bits per heavy atom. The molecule has 0 aliphatic heterocycles. The Kier molecular flexibility index (Phi) is 9.84. The average Bonchev–Trinajstić information content (AvgIpc) is 2.49. The molecule has 1 unspecified atom stereocenters. The van der Waals surface area contributed by atoms with Crippen LogP contribution in [0.4, 0.5) is 0 Å². The van der Waals surface area contributed by atoms with Gasteiger partial charge in [-0.1, -0.05) is 0 Å². The molecule has 0 aromatic heterocycles. The predicted molar refractivity (Wildman–Crippen MR) is 95.5 cm³/mol. The van der Waals surface area contributed by atoms with Crippen molar-refractivity contribution in [2.75, 3.05) is 0 Å². The molecule has 23 heavy (non-hydrogen) atoms. The predicted octanol–water partition coefficient (Wildman–Crippen LogP) is 3.52. The van der Waals surface area contributed by atoms with Gasteiger partial charge >= 0.3 is 151 Å². The van der Waals surface area contributed by atoms with Gasteiger partial charge in [0.1, 0.15) is 0 Å². The van der Waals surface area contributed by atoms with Crippen molar-refractivity contribution in [3.05, 3.63) is 51.6 Å². The second-order valence-electron chi connectivity index (χ2n) is 4.42. The molecule has 0 heterocycles. The van der Waals surface area contributed by atoms with Crippen LogP contribution in [0.15, 0.2) is 52.3 Å². The van der Waals surface area contributed by atoms with Gasteiger partial charge in [-0.15, -0.1) is 0 Å². The van der Waals surface area contributed by atoms with Crippen LogP contribution in [0.25, 0.3) is 0 Å². The van der Waals surface area contributed by atoms with Gasteiger partial charge in [-0.2, -0.15) is 0 Å². The third-order valence-electron chi connectivity index (χ3n) is 2.99. The summed E-state index contributed by atoms with van der Waals surface area (Å²) in [5, 5.41) is 10.1. The van der Waals surface area contributed by atoms with E-state index in [0.29, 0.717) is 5.56 Å². The first kappa shape index (κ1) is 22.2. The topological polar surface area (TPSA) is 107 Å². The molecule has 8 heteroatoms. The summed E-state index contributed by atoms with van der Waals surface area (Å²) >= 11 is 5.72. The molecule has 2 rings (SSSR count). The number of rotatable bonds is 4. The number of halogens is 1. The van der Waals surface area contributed by atoms with Gasteiger partial charge in [0.25, 0.3) is 0 Å². The van der Waals surface area contributed by atoms with E-state index >= 15 is 0 Å². The molecule has 0 saturated heterocycles. The Hall–Kier alpha value is -0.758. The minimum absolute atomic E-state index is 0. The fourth-order valence-corrected chi connectivity index (χ4v) is 3.70. The van der Waals surface area contributed by atoms with Crippen LogP contribution >= 0.6 is 34.4 Å². The molecule has 0 bridgehead atoms. The molecule has 0 radical (unpaired) electrons. The van der Waals surface area contributed by atoms with Crippen molar-refractivity contribution in [2.24, 2.45) is 0 Å². The Labute approximate surface area is 160 Å². The number of benzene rings is 2. The zero-order chi connectivity index (χ0) is 15.4. The van der Waals surface area contributed by atoms with Gasteiger partial charge < -0.3 is 11.0 Å². The molecule has 0 saturated carbocycles. The van der Waals surface area contributed by atoms with E-state index in [2.05, 4.69) is 26.4 Å². The van der Waals surface area contributed by atoms with Crippen LogP contribution in [-0.2, 0) is 8.58 Å². The van der Waals surface area contributed by atoms with E-state index in [4.69, 9.17) is 0 Å². The SMILES string of the molecule is CC(C(=O)[O][Al+2])c1cc(Sc2ccccc2)c(I)cc1O.[OH-].[OH-]. The molecule has 5 nitrogen and oxygen atoms in total. The van der Waals surface area contributed by atoms with Crippen molar-refractivity contribution >= 4 is 56.9 Å². The number of carbonyl (C=O) groups is 1. The van der Waals surface area contributed by atoms with E-state index in [0.717, 1.165) is 13.4 Å². The summed E-state index contributed by atoms with van der Waals surface area (Å²) in [4.78, 5) is 13.8. The Bertz CT molecular complexity index is 654. The number of phenolic OH excluding ortho intramolecular Hbond substituents is 1. The minimum Gasteiger partial charge on any atom is -0.870 e. The molecular weight excluding hydrogens is 446 g/mol. The Morgan fingerprint density at radius 2 is 1.87 bits per heavy atom. The van der Waals surface area contributed by atoms with Gasteiger partial charge in [-0.3, -0.25) is 0 Å². The van der Waals surface area contributed by atoms with E-state index in [-0.39, 0.29) is 16.7 Å². The van der Waals surface area contributed by atoms with Crippen molar-refractivity contribution < 1.29 is 24.6 Å². The van der Waals surface area contributed by atoms with Crippen LogP contribution in [0, 0.1) is 3.57 Å². The van der Waals surface area contributed by atoms with Crippen molar-refractivity contribution in [3.8, 4) is 5.75 Å². The first-order chi connectivity index (χ1) is 10.0. The first-order valence-corrected chi connectivity index (χ1v) is 8.55. The van der Waals surface area contributed by atoms with Gasteiger partial charge in [0.2, 0.25) is 0 Å². The standard InChI is InChI=1S/C15H13IO3S.Al.2H2O/c1-9(15(18)19)11-7-14(12(16)8-13(11)17)20-10-5-3-2-4-6-10;;;/h2-9,17H,1H3,(H,18,19);;2*1H2/q;+3;;/p-3. The fraction of sp³-hybridized carbons (Fsp3) is 0.133. The maximum Gasteiger partial charge on any atom is -0.870 e. The van der Waals surface area contributed by atoms with Crippen molar-refractivity contribution in [1.29, 1.82) is 0 Å². The zero-order valence-electron chi connectivity index (χ0n) is 12.1. The number of phenols is 1. The largest absolute Gasteiger partial charge is 0.870 e. The summed E-state index contributed by atoms with van der Waals surface area (Å²) in [5.41, 5.74) is 0.571. The van der Waals surface area contributed by atoms with E-state index in [1.807, 2.05) is 53.0 Å². The van der Waals surface area contributed by atoms with E-state index in [9.17, 15) is 9.90 Å². The van der Waals surface area contributed by atoms with E-state index in [1.54, 1.807) is 24.8 Å². The quantitative estimate of drug-likeness (QED) is 0.553. The van der Waals surface area contributed by atoms with Crippen LogP contribution in [0.2, 0.25) is 0 Å². The average molecular weight is 460 g/mol. The maximum atomic E-state index is 11.7. The van der Waals surface area contributed by atoms with Crippen molar-refractivity contribution in [2.45, 2.75) is 22.6 Å². The molecule has 2 aromatic rings. The number of hydrogen-bond acceptors (Lipinski definition) is 6. The van der Waals surface area contributed by atoms with Crippen molar-refractivity contribution in [1.82, 2.24) is 0 Å². The van der Waals surface area contributed by atoms with Crippen molar-refractivity contribution in [3.63, 3.8) is 0 Å². The van der Waals surface area contributed by atoms with Crippen LogP contribution in [0.5, 0.6) is 5.75 Å². The molecule has 0 fully saturated rings. The first-order valence-electron chi connectivity index (χ1n) is 6.18. The summed E-state index contributed by atoms with van der Waals surface area (Å²) in [6.07, 6.45) is 0. The normalized spacial score (nSPS) is 11.0.